The van der Waals surface area contributed by atoms with Crippen molar-refractivity contribution >= 4 is 23.2 Å². The number of rotatable bonds is 6. The fourth-order valence-electron chi connectivity index (χ4n) is 2.33. The molecule has 112 valence electrons. The monoisotopic (exact) mass is 323 g/mol. The Morgan fingerprint density at radius 3 is 2.57 bits per heavy atom. The van der Waals surface area contributed by atoms with Crippen LogP contribution in [0.1, 0.15) is 17.2 Å². The number of halogens is 2. The minimum absolute atomic E-state index is 0.0537. The second-order valence-electron chi connectivity index (χ2n) is 4.98. The van der Waals surface area contributed by atoms with Crippen molar-refractivity contribution in [3.05, 3.63) is 63.9 Å². The van der Waals surface area contributed by atoms with E-state index >= 15 is 0 Å². The summed E-state index contributed by atoms with van der Waals surface area (Å²) in [5.74, 6) is 0. The van der Waals surface area contributed by atoms with Gasteiger partial charge in [-0.25, -0.2) is 0 Å². The average molecular weight is 324 g/mol. The Bertz CT molecular complexity index is 575. The van der Waals surface area contributed by atoms with Gasteiger partial charge >= 0.3 is 0 Å². The topological polar surface area (TPSA) is 42.2 Å². The van der Waals surface area contributed by atoms with E-state index in [4.69, 9.17) is 28.9 Å². The van der Waals surface area contributed by atoms with Gasteiger partial charge in [0.05, 0.1) is 10.0 Å². The highest BCUT2D eigenvalue weighted by Crippen LogP contribution is 2.31. The maximum atomic E-state index is 6.31. The summed E-state index contributed by atoms with van der Waals surface area (Å²) in [7, 11) is 2.05. The summed E-state index contributed by atoms with van der Waals surface area (Å²) in [5.41, 5.74) is 8.17. The lowest BCUT2D eigenvalue weighted by Gasteiger charge is -2.28. The second kappa shape index (κ2) is 7.76. The summed E-state index contributed by atoms with van der Waals surface area (Å²) in [6.07, 6.45) is 4.56. The molecule has 21 heavy (non-hydrogen) atoms. The largest absolute Gasteiger partial charge is 0.329 e. The zero-order valence-electron chi connectivity index (χ0n) is 12.0. The molecule has 2 rings (SSSR count). The summed E-state index contributed by atoms with van der Waals surface area (Å²) < 4.78 is 0. The van der Waals surface area contributed by atoms with E-state index in [1.54, 1.807) is 6.07 Å². The van der Waals surface area contributed by atoms with Crippen LogP contribution in [-0.2, 0) is 6.42 Å². The first-order valence-corrected chi connectivity index (χ1v) is 7.62. The van der Waals surface area contributed by atoms with Gasteiger partial charge < -0.3 is 5.73 Å². The molecule has 0 amide bonds. The van der Waals surface area contributed by atoms with Gasteiger partial charge in [-0.15, -0.1) is 0 Å². The molecule has 1 aromatic heterocycles. The van der Waals surface area contributed by atoms with Crippen LogP contribution in [0.15, 0.2) is 42.7 Å². The van der Waals surface area contributed by atoms with E-state index < -0.39 is 0 Å². The fraction of sp³-hybridized carbons (Fsp3) is 0.312. The first kappa shape index (κ1) is 16.2. The molecular weight excluding hydrogens is 305 g/mol. The smallest absolute Gasteiger partial charge is 0.0640 e. The molecule has 0 aliphatic carbocycles. The zero-order valence-corrected chi connectivity index (χ0v) is 13.5. The quantitative estimate of drug-likeness (QED) is 0.883. The van der Waals surface area contributed by atoms with Gasteiger partial charge in [0.25, 0.3) is 0 Å². The number of nitrogens with two attached hydrogens (primary N) is 1. The molecule has 3 nitrogen and oxygen atoms in total. The van der Waals surface area contributed by atoms with E-state index in [9.17, 15) is 0 Å². The number of likely N-dealkylation sites (N-methyl/N-ethyl adjacent to an activating group) is 1. The molecule has 2 aromatic rings. The van der Waals surface area contributed by atoms with E-state index in [2.05, 4.69) is 16.9 Å². The van der Waals surface area contributed by atoms with Crippen molar-refractivity contribution in [3.8, 4) is 0 Å². The van der Waals surface area contributed by atoms with Crippen molar-refractivity contribution < 1.29 is 0 Å². The lowest BCUT2D eigenvalue weighted by atomic mass is 10.0. The third-order valence-corrected chi connectivity index (χ3v) is 4.43. The highest BCUT2D eigenvalue weighted by molar-refractivity contribution is 6.42. The Morgan fingerprint density at radius 1 is 1.19 bits per heavy atom. The zero-order chi connectivity index (χ0) is 15.2. The van der Waals surface area contributed by atoms with Crippen LogP contribution >= 0.6 is 23.2 Å². The maximum Gasteiger partial charge on any atom is 0.0640 e. The summed E-state index contributed by atoms with van der Waals surface area (Å²) in [4.78, 5) is 6.23. The van der Waals surface area contributed by atoms with Crippen LogP contribution in [0.3, 0.4) is 0 Å². The van der Waals surface area contributed by atoms with Crippen molar-refractivity contribution in [2.45, 2.75) is 12.5 Å². The van der Waals surface area contributed by atoms with Crippen LogP contribution in [0, 0.1) is 0 Å². The SMILES string of the molecule is CN(CCc1ccncc1)C(CN)c1cccc(Cl)c1Cl. The van der Waals surface area contributed by atoms with Crippen LogP contribution in [0.4, 0.5) is 0 Å². The molecule has 0 saturated carbocycles. The van der Waals surface area contributed by atoms with Crippen molar-refractivity contribution in [2.75, 3.05) is 20.1 Å². The van der Waals surface area contributed by atoms with Crippen molar-refractivity contribution in [3.63, 3.8) is 0 Å². The minimum atomic E-state index is 0.0537. The minimum Gasteiger partial charge on any atom is -0.329 e. The Kier molecular flexibility index (Phi) is 6.00. The highest BCUT2D eigenvalue weighted by atomic mass is 35.5. The number of hydrogen-bond donors (Lipinski definition) is 1. The van der Waals surface area contributed by atoms with E-state index in [1.807, 2.05) is 36.7 Å². The number of nitrogens with zero attached hydrogens (tertiary/aromatic N) is 2. The Hall–Kier alpha value is -1.13. The van der Waals surface area contributed by atoms with Crippen LogP contribution in [0.25, 0.3) is 0 Å². The van der Waals surface area contributed by atoms with Gasteiger partial charge in [-0.05, 0) is 42.8 Å². The van der Waals surface area contributed by atoms with Crippen LogP contribution in [-0.4, -0.2) is 30.0 Å². The molecule has 1 atom stereocenters. The molecule has 1 unspecified atom stereocenters. The maximum absolute atomic E-state index is 6.31. The van der Waals surface area contributed by atoms with E-state index in [0.29, 0.717) is 16.6 Å². The van der Waals surface area contributed by atoms with Crippen LogP contribution in [0.2, 0.25) is 10.0 Å². The third-order valence-electron chi connectivity index (χ3n) is 3.60. The van der Waals surface area contributed by atoms with Crippen LogP contribution < -0.4 is 5.73 Å². The lowest BCUT2D eigenvalue weighted by Crippen LogP contribution is -2.32. The second-order valence-corrected chi connectivity index (χ2v) is 5.77. The Labute approximate surface area is 135 Å². The highest BCUT2D eigenvalue weighted by Gasteiger charge is 2.19. The van der Waals surface area contributed by atoms with Crippen molar-refractivity contribution in [1.82, 2.24) is 9.88 Å². The molecule has 0 aliphatic heterocycles. The van der Waals surface area contributed by atoms with E-state index in [1.165, 1.54) is 5.56 Å². The van der Waals surface area contributed by atoms with Gasteiger partial charge in [-0.3, -0.25) is 9.88 Å². The third kappa shape index (κ3) is 4.17. The molecule has 0 aliphatic rings. The molecule has 0 saturated heterocycles. The van der Waals surface area contributed by atoms with E-state index in [-0.39, 0.29) is 6.04 Å². The first-order chi connectivity index (χ1) is 10.1. The normalized spacial score (nSPS) is 12.6. The molecule has 0 spiro atoms. The Morgan fingerprint density at radius 2 is 1.90 bits per heavy atom. The number of benzene rings is 1. The standard InChI is InChI=1S/C16H19Cl2N3/c1-21(10-7-12-5-8-20-9-6-12)15(11-19)13-3-2-4-14(17)16(13)18/h2-6,8-9,15H,7,10-11,19H2,1H3. The molecule has 1 aromatic carbocycles. The number of aromatic nitrogens is 1. The summed E-state index contributed by atoms with van der Waals surface area (Å²) in [6.45, 7) is 1.38. The van der Waals surface area contributed by atoms with Gasteiger partial charge in [0.1, 0.15) is 0 Å². The van der Waals surface area contributed by atoms with Gasteiger partial charge in [-0.1, -0.05) is 35.3 Å². The van der Waals surface area contributed by atoms with Gasteiger partial charge in [0, 0.05) is 31.5 Å². The predicted octanol–water partition coefficient (Wildman–Crippen LogP) is 3.56. The molecule has 5 heteroatoms. The fourth-order valence-corrected chi connectivity index (χ4v) is 2.77. The predicted molar refractivity (Wildman–Crippen MR) is 88.8 cm³/mol. The van der Waals surface area contributed by atoms with E-state index in [0.717, 1.165) is 18.5 Å². The number of hydrogen-bond acceptors (Lipinski definition) is 3. The molecule has 0 fully saturated rings. The summed E-state index contributed by atoms with van der Waals surface area (Å²) in [6, 6.07) is 9.78. The first-order valence-electron chi connectivity index (χ1n) is 6.86. The average Bonchev–Trinajstić information content (AvgIpc) is 2.51. The lowest BCUT2D eigenvalue weighted by molar-refractivity contribution is 0.253. The van der Waals surface area contributed by atoms with Crippen molar-refractivity contribution in [1.29, 1.82) is 0 Å². The molecule has 2 N–H and O–H groups in total. The van der Waals surface area contributed by atoms with Crippen LogP contribution in [0.5, 0.6) is 0 Å². The van der Waals surface area contributed by atoms with Gasteiger partial charge in [-0.2, -0.15) is 0 Å². The van der Waals surface area contributed by atoms with Gasteiger partial charge in [0.2, 0.25) is 0 Å². The molecule has 0 radical (unpaired) electrons. The van der Waals surface area contributed by atoms with Gasteiger partial charge in [0.15, 0.2) is 0 Å². The molecule has 0 bridgehead atoms. The Balaban J connectivity index is 2.08. The molecule has 1 heterocycles. The summed E-state index contributed by atoms with van der Waals surface area (Å²) in [5, 5.41) is 1.15. The number of pyridine rings is 1. The van der Waals surface area contributed by atoms with Crippen molar-refractivity contribution in [2.24, 2.45) is 5.73 Å². The summed E-state index contributed by atoms with van der Waals surface area (Å²) >= 11 is 12.4. The molecular formula is C16H19Cl2N3.